The van der Waals surface area contributed by atoms with Crippen molar-refractivity contribution in [2.75, 3.05) is 13.7 Å². The lowest BCUT2D eigenvalue weighted by Gasteiger charge is -2.28. The van der Waals surface area contributed by atoms with E-state index in [1.807, 2.05) is 6.07 Å². The zero-order valence-electron chi connectivity index (χ0n) is 22.2. The number of hydrogen-bond acceptors (Lipinski definition) is 1. The Bertz CT molecular complexity index is 872. The number of hydrogen-bond donors (Lipinski definition) is 0. The van der Waals surface area contributed by atoms with E-state index in [2.05, 4.69) is 37.3 Å². The Hall–Kier alpha value is -1.67. The van der Waals surface area contributed by atoms with Crippen molar-refractivity contribution in [3.63, 3.8) is 0 Å². The molecule has 0 aromatic heterocycles. The van der Waals surface area contributed by atoms with Gasteiger partial charge in [0.15, 0.2) is 0 Å². The molecule has 0 aliphatic heterocycles. The highest BCUT2D eigenvalue weighted by atomic mass is 19.1. The first-order valence-electron chi connectivity index (χ1n) is 14.5. The molecule has 0 bridgehead atoms. The maximum atomic E-state index is 14.9. The first kappa shape index (κ1) is 26.4. The molecule has 0 unspecified atom stereocenters. The van der Waals surface area contributed by atoms with Gasteiger partial charge in [-0.3, -0.25) is 0 Å². The summed E-state index contributed by atoms with van der Waals surface area (Å²) in [6.07, 6.45) is 18.0. The molecule has 2 aromatic rings. The Morgan fingerprint density at radius 3 is 1.80 bits per heavy atom. The Labute approximate surface area is 213 Å². The first-order chi connectivity index (χ1) is 17.1. The van der Waals surface area contributed by atoms with Crippen molar-refractivity contribution in [2.24, 2.45) is 23.7 Å². The van der Waals surface area contributed by atoms with Crippen molar-refractivity contribution in [1.82, 2.24) is 0 Å². The van der Waals surface area contributed by atoms with Gasteiger partial charge in [-0.05, 0) is 90.5 Å². The molecule has 35 heavy (non-hydrogen) atoms. The van der Waals surface area contributed by atoms with Gasteiger partial charge in [-0.2, -0.15) is 0 Å². The van der Waals surface area contributed by atoms with Gasteiger partial charge >= 0.3 is 0 Å². The van der Waals surface area contributed by atoms with Crippen LogP contribution in [0, 0.1) is 29.5 Å². The highest BCUT2D eigenvalue weighted by Gasteiger charge is 2.22. The molecule has 4 rings (SSSR count). The standard InChI is InChI=1S/C33H47FO/c1-3-4-25-5-7-26(8-6-25)9-10-28-15-18-30(19-16-28)32-22-21-31(33(34)23-32)20-17-27-11-13-29(14-12-27)24-35-2/h15-16,18-19,21-23,25-27,29H,3-14,17,20,24H2,1-2H3. The summed E-state index contributed by atoms with van der Waals surface area (Å²) >= 11 is 0. The quantitative estimate of drug-likeness (QED) is 0.312. The molecule has 2 fully saturated rings. The topological polar surface area (TPSA) is 9.23 Å². The average Bonchev–Trinajstić information content (AvgIpc) is 2.89. The van der Waals surface area contributed by atoms with Crippen LogP contribution in [-0.2, 0) is 17.6 Å². The van der Waals surface area contributed by atoms with Gasteiger partial charge < -0.3 is 4.74 Å². The van der Waals surface area contributed by atoms with E-state index in [1.165, 1.54) is 82.6 Å². The van der Waals surface area contributed by atoms with E-state index in [1.54, 1.807) is 13.2 Å². The van der Waals surface area contributed by atoms with Crippen LogP contribution < -0.4 is 0 Å². The first-order valence-corrected chi connectivity index (χ1v) is 14.5. The van der Waals surface area contributed by atoms with E-state index in [9.17, 15) is 4.39 Å². The largest absolute Gasteiger partial charge is 0.384 e. The molecule has 0 N–H and O–H groups in total. The number of rotatable bonds is 11. The molecular weight excluding hydrogens is 431 g/mol. The third-order valence-corrected chi connectivity index (χ3v) is 9.04. The highest BCUT2D eigenvalue weighted by molar-refractivity contribution is 5.64. The normalized spacial score (nSPS) is 25.0. The summed E-state index contributed by atoms with van der Waals surface area (Å²) < 4.78 is 20.2. The van der Waals surface area contributed by atoms with Crippen LogP contribution in [0.1, 0.15) is 95.1 Å². The van der Waals surface area contributed by atoms with Crippen molar-refractivity contribution in [2.45, 2.75) is 96.8 Å². The Morgan fingerprint density at radius 2 is 1.23 bits per heavy atom. The van der Waals surface area contributed by atoms with Gasteiger partial charge in [-0.1, -0.05) is 94.7 Å². The lowest BCUT2D eigenvalue weighted by molar-refractivity contribution is 0.117. The summed E-state index contributed by atoms with van der Waals surface area (Å²) in [4.78, 5) is 0. The molecule has 192 valence electrons. The number of aryl methyl sites for hydroxylation is 2. The van der Waals surface area contributed by atoms with Crippen LogP contribution in [0.3, 0.4) is 0 Å². The second-order valence-electron chi connectivity index (χ2n) is 11.6. The third-order valence-electron chi connectivity index (χ3n) is 9.04. The minimum atomic E-state index is -0.0432. The van der Waals surface area contributed by atoms with E-state index >= 15 is 0 Å². The summed E-state index contributed by atoms with van der Waals surface area (Å²) in [5, 5.41) is 0. The van der Waals surface area contributed by atoms with Gasteiger partial charge in [-0.25, -0.2) is 4.39 Å². The molecule has 0 saturated heterocycles. The Balaban J connectivity index is 1.23. The van der Waals surface area contributed by atoms with E-state index in [0.29, 0.717) is 0 Å². The summed E-state index contributed by atoms with van der Waals surface area (Å²) in [6, 6.07) is 14.7. The molecule has 2 aliphatic carbocycles. The Morgan fingerprint density at radius 1 is 0.686 bits per heavy atom. The van der Waals surface area contributed by atoms with Gasteiger partial charge in [0, 0.05) is 13.7 Å². The van der Waals surface area contributed by atoms with Crippen molar-refractivity contribution < 1.29 is 9.13 Å². The average molecular weight is 479 g/mol. The van der Waals surface area contributed by atoms with E-state index in [0.717, 1.165) is 59.8 Å². The Kier molecular flexibility index (Phi) is 10.2. The fourth-order valence-corrected chi connectivity index (χ4v) is 6.66. The zero-order chi connectivity index (χ0) is 24.5. The molecule has 0 atom stereocenters. The molecule has 0 amide bonds. The summed E-state index contributed by atoms with van der Waals surface area (Å²) in [5.41, 5.74) is 4.41. The second kappa shape index (κ2) is 13.6. The van der Waals surface area contributed by atoms with Gasteiger partial charge in [0.25, 0.3) is 0 Å². The molecular formula is C33H47FO. The minimum Gasteiger partial charge on any atom is -0.384 e. The van der Waals surface area contributed by atoms with E-state index in [4.69, 9.17) is 4.74 Å². The smallest absolute Gasteiger partial charge is 0.127 e. The predicted molar refractivity (Wildman–Crippen MR) is 146 cm³/mol. The van der Waals surface area contributed by atoms with Crippen LogP contribution in [0.5, 0.6) is 0 Å². The lowest BCUT2D eigenvalue weighted by atomic mass is 9.78. The van der Waals surface area contributed by atoms with E-state index < -0.39 is 0 Å². The predicted octanol–water partition coefficient (Wildman–Crippen LogP) is 9.42. The molecule has 0 radical (unpaired) electrons. The molecule has 0 spiro atoms. The van der Waals surface area contributed by atoms with E-state index in [-0.39, 0.29) is 5.82 Å². The fourth-order valence-electron chi connectivity index (χ4n) is 6.66. The fraction of sp³-hybridized carbons (Fsp3) is 0.636. The van der Waals surface area contributed by atoms with Crippen molar-refractivity contribution in [1.29, 1.82) is 0 Å². The van der Waals surface area contributed by atoms with Gasteiger partial charge in [-0.15, -0.1) is 0 Å². The van der Waals surface area contributed by atoms with Gasteiger partial charge in [0.1, 0.15) is 5.82 Å². The van der Waals surface area contributed by atoms with Crippen LogP contribution in [0.15, 0.2) is 42.5 Å². The monoisotopic (exact) mass is 478 g/mol. The number of ether oxygens (including phenoxy) is 1. The van der Waals surface area contributed by atoms with Crippen LogP contribution in [-0.4, -0.2) is 13.7 Å². The maximum absolute atomic E-state index is 14.9. The SMILES string of the molecule is CCCC1CCC(CCc2ccc(-c3ccc(CCC4CCC(COC)CC4)c(F)c3)cc2)CC1. The van der Waals surface area contributed by atoms with Crippen molar-refractivity contribution >= 4 is 0 Å². The molecule has 2 saturated carbocycles. The molecule has 1 nitrogen and oxygen atoms in total. The van der Waals surface area contributed by atoms with Crippen molar-refractivity contribution in [3.8, 4) is 11.1 Å². The van der Waals surface area contributed by atoms with Gasteiger partial charge in [0.2, 0.25) is 0 Å². The molecule has 2 aromatic carbocycles. The summed E-state index contributed by atoms with van der Waals surface area (Å²) in [6.45, 7) is 3.21. The maximum Gasteiger partial charge on any atom is 0.127 e. The molecule has 0 heterocycles. The number of benzene rings is 2. The van der Waals surface area contributed by atoms with Gasteiger partial charge in [0.05, 0.1) is 0 Å². The number of methoxy groups -OCH3 is 1. The van der Waals surface area contributed by atoms with Crippen molar-refractivity contribution in [3.05, 3.63) is 59.4 Å². The lowest BCUT2D eigenvalue weighted by Crippen LogP contribution is -2.18. The highest BCUT2D eigenvalue weighted by Crippen LogP contribution is 2.34. The van der Waals surface area contributed by atoms with Crippen LogP contribution in [0.4, 0.5) is 4.39 Å². The molecule has 2 heteroatoms. The molecule has 2 aliphatic rings. The third kappa shape index (κ3) is 7.91. The number of halogens is 1. The van der Waals surface area contributed by atoms with Crippen LogP contribution in [0.25, 0.3) is 11.1 Å². The minimum absolute atomic E-state index is 0.0432. The zero-order valence-corrected chi connectivity index (χ0v) is 22.2. The second-order valence-corrected chi connectivity index (χ2v) is 11.6. The summed E-state index contributed by atoms with van der Waals surface area (Å²) in [5.74, 6) is 3.32. The van der Waals surface area contributed by atoms with Crippen LogP contribution in [0.2, 0.25) is 0 Å². The summed E-state index contributed by atoms with van der Waals surface area (Å²) in [7, 11) is 1.80. The van der Waals surface area contributed by atoms with Crippen LogP contribution >= 0.6 is 0 Å².